The van der Waals surface area contributed by atoms with Gasteiger partial charge in [-0.3, -0.25) is 4.98 Å². The van der Waals surface area contributed by atoms with Crippen LogP contribution in [0.4, 0.5) is 4.79 Å². The number of nitrogens with zero attached hydrogens (tertiary/aromatic N) is 3. The number of pyridine rings is 1. The van der Waals surface area contributed by atoms with E-state index in [-0.39, 0.29) is 11.5 Å². The quantitative estimate of drug-likeness (QED) is 0.638. The molecule has 1 aromatic heterocycles. The van der Waals surface area contributed by atoms with E-state index in [0.717, 1.165) is 41.8 Å². The highest BCUT2D eigenvalue weighted by molar-refractivity contribution is 7.91. The first-order chi connectivity index (χ1) is 12.5. The van der Waals surface area contributed by atoms with Gasteiger partial charge in [-0.05, 0) is 53.5 Å². The van der Waals surface area contributed by atoms with Gasteiger partial charge < -0.3 is 14.2 Å². The Labute approximate surface area is 163 Å². The van der Waals surface area contributed by atoms with Crippen molar-refractivity contribution in [1.29, 1.82) is 0 Å². The predicted octanol–water partition coefficient (Wildman–Crippen LogP) is 3.36. The van der Waals surface area contributed by atoms with E-state index in [9.17, 15) is 9.35 Å². The second-order valence-electron chi connectivity index (χ2n) is 9.30. The molecule has 1 atom stereocenters. The van der Waals surface area contributed by atoms with Crippen LogP contribution < -0.4 is 0 Å². The summed E-state index contributed by atoms with van der Waals surface area (Å²) in [6, 6.07) is 1.99. The summed E-state index contributed by atoms with van der Waals surface area (Å²) in [4.78, 5) is 18.8. The van der Waals surface area contributed by atoms with Crippen LogP contribution in [0.2, 0.25) is 0 Å². The van der Waals surface area contributed by atoms with Crippen molar-refractivity contribution in [3.8, 4) is 0 Å². The number of rotatable bonds is 0. The summed E-state index contributed by atoms with van der Waals surface area (Å²) in [5.74, 6) is 0. The number of aromatic nitrogens is 1. The SMILES string of the molecule is CC(C)(C)OC(=O)N1CCC2(CC1)Cc1nccc3c1C2=N[S+]([O-])C3(C)C. The average Bonchev–Trinajstić information content (AvgIpc) is 2.86. The number of likely N-dealkylation sites (tertiary alicyclic amines) is 1. The molecule has 0 bridgehead atoms. The molecular formula is C20H27N3O3S. The van der Waals surface area contributed by atoms with Gasteiger partial charge in [-0.1, -0.05) is 4.40 Å². The minimum atomic E-state index is -1.31. The highest BCUT2D eigenvalue weighted by Crippen LogP contribution is 2.51. The second kappa shape index (κ2) is 5.95. The van der Waals surface area contributed by atoms with Gasteiger partial charge >= 0.3 is 6.09 Å². The fraction of sp³-hybridized carbons (Fsp3) is 0.650. The summed E-state index contributed by atoms with van der Waals surface area (Å²) < 4.78 is 22.5. The molecule has 0 aromatic carbocycles. The number of hydrogen-bond donors (Lipinski definition) is 0. The van der Waals surface area contributed by atoms with Gasteiger partial charge in [0.15, 0.2) is 4.75 Å². The van der Waals surface area contributed by atoms with Crippen LogP contribution in [0.5, 0.6) is 0 Å². The van der Waals surface area contributed by atoms with Crippen molar-refractivity contribution in [2.75, 3.05) is 13.1 Å². The first kappa shape index (κ1) is 18.7. The molecule has 1 aromatic rings. The lowest BCUT2D eigenvalue weighted by Crippen LogP contribution is -2.48. The Morgan fingerprint density at radius 3 is 2.59 bits per heavy atom. The fourth-order valence-electron chi connectivity index (χ4n) is 4.37. The van der Waals surface area contributed by atoms with E-state index in [4.69, 9.17) is 4.74 Å². The van der Waals surface area contributed by atoms with E-state index in [1.54, 1.807) is 4.90 Å². The zero-order valence-corrected chi connectivity index (χ0v) is 17.5. The summed E-state index contributed by atoms with van der Waals surface area (Å²) in [6.07, 6.45) is 3.95. The molecular weight excluding hydrogens is 362 g/mol. The number of piperidine rings is 1. The standard InChI is InChI=1S/C20H27N3O3S/c1-18(2,3)26-17(24)23-10-7-20(8-11-23)12-14-15-13(6-9-21-14)19(4,5)27(25)22-16(15)20/h6,9H,7-8,10-12H2,1-5H3. The molecule has 3 heterocycles. The summed E-state index contributed by atoms with van der Waals surface area (Å²) in [5, 5.41) is 0. The Kier molecular flexibility index (Phi) is 4.13. The van der Waals surface area contributed by atoms with Gasteiger partial charge in [0.2, 0.25) is 0 Å². The van der Waals surface area contributed by atoms with Crippen LogP contribution in [0.1, 0.15) is 64.3 Å². The van der Waals surface area contributed by atoms with Crippen LogP contribution in [0, 0.1) is 5.41 Å². The van der Waals surface area contributed by atoms with Gasteiger partial charge in [0.1, 0.15) is 22.7 Å². The molecule has 2 aliphatic heterocycles. The lowest BCUT2D eigenvalue weighted by atomic mass is 9.74. The van der Waals surface area contributed by atoms with Crippen molar-refractivity contribution in [3.63, 3.8) is 0 Å². The lowest BCUT2D eigenvalue weighted by Gasteiger charge is -2.40. The van der Waals surface area contributed by atoms with Crippen LogP contribution >= 0.6 is 0 Å². The van der Waals surface area contributed by atoms with Crippen molar-refractivity contribution in [2.24, 2.45) is 9.81 Å². The van der Waals surface area contributed by atoms with Crippen molar-refractivity contribution in [2.45, 2.75) is 64.2 Å². The maximum atomic E-state index is 12.8. The monoisotopic (exact) mass is 389 g/mol. The van der Waals surface area contributed by atoms with E-state index in [1.165, 1.54) is 0 Å². The molecule has 1 unspecified atom stereocenters. The maximum absolute atomic E-state index is 12.8. The smallest absolute Gasteiger partial charge is 0.410 e. The van der Waals surface area contributed by atoms with Crippen LogP contribution in [0.25, 0.3) is 0 Å². The molecule has 27 heavy (non-hydrogen) atoms. The van der Waals surface area contributed by atoms with Gasteiger partial charge in [-0.25, -0.2) is 4.79 Å². The van der Waals surface area contributed by atoms with Gasteiger partial charge in [0.25, 0.3) is 0 Å². The Balaban J connectivity index is 1.61. The molecule has 1 spiro atoms. The third-order valence-corrected chi connectivity index (χ3v) is 7.35. The normalized spacial score (nSPS) is 25.2. The van der Waals surface area contributed by atoms with Gasteiger partial charge in [-0.2, -0.15) is 0 Å². The third-order valence-electron chi connectivity index (χ3n) is 5.91. The number of fused-ring (bicyclic) bond motifs is 1. The minimum Gasteiger partial charge on any atom is -0.591 e. The number of hydrogen-bond acceptors (Lipinski definition) is 5. The summed E-state index contributed by atoms with van der Waals surface area (Å²) >= 11 is -1.31. The van der Waals surface area contributed by atoms with Crippen molar-refractivity contribution >= 4 is 23.2 Å². The highest BCUT2D eigenvalue weighted by atomic mass is 32.2. The first-order valence-electron chi connectivity index (χ1n) is 9.51. The zero-order chi connectivity index (χ0) is 19.6. The summed E-state index contributed by atoms with van der Waals surface area (Å²) in [6.45, 7) is 10.8. The van der Waals surface area contributed by atoms with Crippen LogP contribution in [0.3, 0.4) is 0 Å². The van der Waals surface area contributed by atoms with E-state index in [0.29, 0.717) is 13.1 Å². The topological polar surface area (TPSA) is 77.8 Å². The third kappa shape index (κ3) is 2.95. The van der Waals surface area contributed by atoms with Crippen LogP contribution in [-0.2, 0) is 27.3 Å². The number of carbonyl (C=O) groups excluding carboxylic acids is 1. The zero-order valence-electron chi connectivity index (χ0n) is 16.7. The first-order valence-corrected chi connectivity index (χ1v) is 10.6. The molecule has 1 saturated heterocycles. The molecule has 6 nitrogen and oxygen atoms in total. The van der Waals surface area contributed by atoms with Gasteiger partial charge in [0.05, 0.1) is 5.69 Å². The molecule has 0 radical (unpaired) electrons. The molecule has 1 fully saturated rings. The minimum absolute atomic E-state index is 0.171. The molecule has 1 aliphatic carbocycles. The van der Waals surface area contributed by atoms with E-state index in [1.807, 2.05) is 46.9 Å². The molecule has 4 rings (SSSR count). The van der Waals surface area contributed by atoms with Crippen molar-refractivity contribution in [3.05, 3.63) is 29.1 Å². The molecule has 1 amide bonds. The summed E-state index contributed by atoms with van der Waals surface area (Å²) in [5.41, 5.74) is 3.53. The van der Waals surface area contributed by atoms with Gasteiger partial charge in [0, 0.05) is 42.2 Å². The van der Waals surface area contributed by atoms with Crippen LogP contribution in [0.15, 0.2) is 16.7 Å². The average molecular weight is 390 g/mol. The number of carbonyl (C=O) groups is 1. The Morgan fingerprint density at radius 2 is 1.96 bits per heavy atom. The van der Waals surface area contributed by atoms with Crippen molar-refractivity contribution < 1.29 is 14.1 Å². The van der Waals surface area contributed by atoms with Crippen molar-refractivity contribution in [1.82, 2.24) is 9.88 Å². The molecule has 3 aliphatic rings. The maximum Gasteiger partial charge on any atom is 0.410 e. The van der Waals surface area contributed by atoms with E-state index < -0.39 is 21.7 Å². The molecule has 7 heteroatoms. The Morgan fingerprint density at radius 1 is 1.30 bits per heavy atom. The van der Waals surface area contributed by atoms with Crippen LogP contribution in [-0.4, -0.2) is 44.9 Å². The molecule has 146 valence electrons. The predicted molar refractivity (Wildman–Crippen MR) is 105 cm³/mol. The fourth-order valence-corrected chi connectivity index (χ4v) is 5.40. The Hall–Kier alpha value is -1.60. The molecule has 0 N–H and O–H groups in total. The number of amides is 1. The molecule has 0 saturated carbocycles. The highest BCUT2D eigenvalue weighted by Gasteiger charge is 2.54. The van der Waals surface area contributed by atoms with Gasteiger partial charge in [-0.15, -0.1) is 0 Å². The largest absolute Gasteiger partial charge is 0.591 e. The van der Waals surface area contributed by atoms with E-state index >= 15 is 0 Å². The second-order valence-corrected chi connectivity index (χ2v) is 11.0. The van der Waals surface area contributed by atoms with E-state index in [2.05, 4.69) is 9.38 Å². The lowest BCUT2D eigenvalue weighted by molar-refractivity contribution is 0.0159. The summed E-state index contributed by atoms with van der Waals surface area (Å²) in [7, 11) is 0. The Bertz CT molecular complexity index is 820. The number of ether oxygens (including phenoxy) is 1.